The summed E-state index contributed by atoms with van der Waals surface area (Å²) in [6.45, 7) is 13.5. The third-order valence-electron chi connectivity index (χ3n) is 4.44. The summed E-state index contributed by atoms with van der Waals surface area (Å²) in [5.41, 5.74) is 1.79. The van der Waals surface area contributed by atoms with Gasteiger partial charge in [0.05, 0.1) is 10.7 Å². The molecular weight excluding hydrogens is 264 g/mol. The van der Waals surface area contributed by atoms with Gasteiger partial charge in [-0.3, -0.25) is 0 Å². The van der Waals surface area contributed by atoms with E-state index in [1.807, 2.05) is 11.3 Å². The van der Waals surface area contributed by atoms with Gasteiger partial charge in [0, 0.05) is 17.3 Å². The first-order valence-electron chi connectivity index (χ1n) is 8.04. The molecule has 1 aliphatic carbocycles. The Morgan fingerprint density at radius 2 is 1.95 bits per heavy atom. The van der Waals surface area contributed by atoms with Crippen LogP contribution in [0.5, 0.6) is 0 Å². The number of hydrogen-bond donors (Lipinski definition) is 1. The number of rotatable bonds is 5. The molecule has 0 aromatic carbocycles. The highest BCUT2D eigenvalue weighted by Gasteiger charge is 2.29. The van der Waals surface area contributed by atoms with E-state index in [1.165, 1.54) is 41.3 Å². The van der Waals surface area contributed by atoms with Crippen molar-refractivity contribution in [3.63, 3.8) is 0 Å². The molecule has 1 aromatic heterocycles. The molecule has 20 heavy (non-hydrogen) atoms. The molecule has 1 aromatic rings. The molecule has 0 radical (unpaired) electrons. The standard InChI is InChI=1S/C17H30N2S/c1-12(2)10-18-11-15-13(3)19-16(20-15)14-6-8-17(4,5)9-7-14/h12,14,18H,6-11H2,1-5H3. The van der Waals surface area contributed by atoms with Crippen LogP contribution in [0.1, 0.15) is 74.9 Å². The summed E-state index contributed by atoms with van der Waals surface area (Å²) < 4.78 is 0. The highest BCUT2D eigenvalue weighted by atomic mass is 32.1. The minimum absolute atomic E-state index is 0.546. The topological polar surface area (TPSA) is 24.9 Å². The fraction of sp³-hybridized carbons (Fsp3) is 0.824. The van der Waals surface area contributed by atoms with Gasteiger partial charge in [-0.15, -0.1) is 11.3 Å². The SMILES string of the molecule is Cc1nc(C2CCC(C)(C)CC2)sc1CNCC(C)C. The van der Waals surface area contributed by atoms with Crippen LogP contribution >= 0.6 is 11.3 Å². The molecule has 1 heterocycles. The molecule has 0 amide bonds. The number of aromatic nitrogens is 1. The average molecular weight is 295 g/mol. The molecule has 0 unspecified atom stereocenters. The van der Waals surface area contributed by atoms with E-state index >= 15 is 0 Å². The van der Waals surface area contributed by atoms with E-state index in [0.29, 0.717) is 17.3 Å². The Balaban J connectivity index is 1.93. The van der Waals surface area contributed by atoms with Gasteiger partial charge in [0.1, 0.15) is 0 Å². The number of nitrogens with zero attached hydrogens (tertiary/aromatic N) is 1. The second-order valence-electron chi connectivity index (χ2n) is 7.52. The van der Waals surface area contributed by atoms with Crippen molar-refractivity contribution >= 4 is 11.3 Å². The Bertz CT molecular complexity index is 424. The molecule has 1 N–H and O–H groups in total. The van der Waals surface area contributed by atoms with Gasteiger partial charge in [-0.2, -0.15) is 0 Å². The molecule has 0 bridgehead atoms. The lowest BCUT2D eigenvalue weighted by molar-refractivity contribution is 0.224. The molecular formula is C17H30N2S. The number of thiazole rings is 1. The van der Waals surface area contributed by atoms with Crippen LogP contribution in [0, 0.1) is 18.3 Å². The molecule has 1 fully saturated rings. The maximum Gasteiger partial charge on any atom is 0.0962 e. The predicted octanol–water partition coefficient (Wildman–Crippen LogP) is 4.88. The summed E-state index contributed by atoms with van der Waals surface area (Å²) in [5.74, 6) is 1.42. The van der Waals surface area contributed by atoms with E-state index in [4.69, 9.17) is 4.98 Å². The Labute approximate surface area is 128 Å². The van der Waals surface area contributed by atoms with E-state index < -0.39 is 0 Å². The summed E-state index contributed by atoms with van der Waals surface area (Å²) in [4.78, 5) is 6.29. The van der Waals surface area contributed by atoms with Crippen LogP contribution in [-0.2, 0) is 6.54 Å². The second kappa shape index (κ2) is 6.57. The highest BCUT2D eigenvalue weighted by Crippen LogP contribution is 2.43. The van der Waals surface area contributed by atoms with Crippen molar-refractivity contribution in [2.75, 3.05) is 6.54 Å². The van der Waals surface area contributed by atoms with Gasteiger partial charge in [-0.25, -0.2) is 4.98 Å². The third-order valence-corrected chi connectivity index (χ3v) is 5.76. The quantitative estimate of drug-likeness (QED) is 0.837. The summed E-state index contributed by atoms with van der Waals surface area (Å²) >= 11 is 1.94. The van der Waals surface area contributed by atoms with Crippen LogP contribution in [0.2, 0.25) is 0 Å². The van der Waals surface area contributed by atoms with Crippen LogP contribution in [-0.4, -0.2) is 11.5 Å². The zero-order chi connectivity index (χ0) is 14.8. The molecule has 0 atom stereocenters. The van der Waals surface area contributed by atoms with Crippen LogP contribution in [0.3, 0.4) is 0 Å². The molecule has 114 valence electrons. The Hall–Kier alpha value is -0.410. The van der Waals surface area contributed by atoms with Gasteiger partial charge < -0.3 is 5.32 Å². The zero-order valence-corrected chi connectivity index (χ0v) is 14.6. The Morgan fingerprint density at radius 1 is 1.30 bits per heavy atom. The van der Waals surface area contributed by atoms with Crippen molar-refractivity contribution in [1.82, 2.24) is 10.3 Å². The van der Waals surface area contributed by atoms with Crippen molar-refractivity contribution in [2.24, 2.45) is 11.3 Å². The summed E-state index contributed by atoms with van der Waals surface area (Å²) in [5, 5.41) is 4.93. The van der Waals surface area contributed by atoms with Gasteiger partial charge in [0.15, 0.2) is 0 Å². The van der Waals surface area contributed by atoms with E-state index in [-0.39, 0.29) is 0 Å². The average Bonchev–Trinajstić information content (AvgIpc) is 2.70. The fourth-order valence-electron chi connectivity index (χ4n) is 2.91. The molecule has 1 saturated carbocycles. The normalized spacial score (nSPS) is 19.7. The smallest absolute Gasteiger partial charge is 0.0962 e. The first-order valence-corrected chi connectivity index (χ1v) is 8.86. The molecule has 2 nitrogen and oxygen atoms in total. The molecule has 1 aliphatic rings. The fourth-order valence-corrected chi connectivity index (χ4v) is 4.11. The van der Waals surface area contributed by atoms with Gasteiger partial charge in [-0.1, -0.05) is 27.7 Å². The maximum absolute atomic E-state index is 4.86. The summed E-state index contributed by atoms with van der Waals surface area (Å²) in [6, 6.07) is 0. The van der Waals surface area contributed by atoms with Gasteiger partial charge in [0.25, 0.3) is 0 Å². The number of hydrogen-bond acceptors (Lipinski definition) is 3. The van der Waals surface area contributed by atoms with Crippen LogP contribution in [0.25, 0.3) is 0 Å². The van der Waals surface area contributed by atoms with Crippen molar-refractivity contribution < 1.29 is 0 Å². The molecule has 0 saturated heterocycles. The van der Waals surface area contributed by atoms with Crippen molar-refractivity contribution in [1.29, 1.82) is 0 Å². The minimum Gasteiger partial charge on any atom is -0.312 e. The number of nitrogens with one attached hydrogen (secondary N) is 1. The van der Waals surface area contributed by atoms with Gasteiger partial charge in [-0.05, 0) is 50.5 Å². The van der Waals surface area contributed by atoms with Crippen molar-refractivity contribution in [2.45, 2.75) is 72.8 Å². The maximum atomic E-state index is 4.86. The highest BCUT2D eigenvalue weighted by molar-refractivity contribution is 7.11. The first-order chi connectivity index (χ1) is 9.37. The van der Waals surface area contributed by atoms with Crippen LogP contribution in [0.4, 0.5) is 0 Å². The zero-order valence-electron chi connectivity index (χ0n) is 13.8. The predicted molar refractivity (Wildman–Crippen MR) is 88.4 cm³/mol. The van der Waals surface area contributed by atoms with Crippen molar-refractivity contribution in [3.8, 4) is 0 Å². The van der Waals surface area contributed by atoms with Gasteiger partial charge in [0.2, 0.25) is 0 Å². The lowest BCUT2D eigenvalue weighted by atomic mass is 9.73. The lowest BCUT2D eigenvalue weighted by Gasteiger charge is -2.33. The molecule has 0 aliphatic heterocycles. The lowest BCUT2D eigenvalue weighted by Crippen LogP contribution is -2.20. The molecule has 3 heteroatoms. The summed E-state index contributed by atoms with van der Waals surface area (Å²) in [7, 11) is 0. The third kappa shape index (κ3) is 4.29. The minimum atomic E-state index is 0.546. The van der Waals surface area contributed by atoms with E-state index in [9.17, 15) is 0 Å². The van der Waals surface area contributed by atoms with Crippen LogP contribution in [0.15, 0.2) is 0 Å². The molecule has 0 spiro atoms. The van der Waals surface area contributed by atoms with Crippen molar-refractivity contribution in [3.05, 3.63) is 15.6 Å². The Kier molecular flexibility index (Phi) is 5.25. The molecule has 2 rings (SSSR count). The van der Waals surface area contributed by atoms with Crippen LogP contribution < -0.4 is 5.32 Å². The largest absolute Gasteiger partial charge is 0.312 e. The number of aryl methyl sites for hydroxylation is 1. The van der Waals surface area contributed by atoms with Gasteiger partial charge >= 0.3 is 0 Å². The summed E-state index contributed by atoms with van der Waals surface area (Å²) in [6.07, 6.45) is 5.33. The van der Waals surface area contributed by atoms with E-state index in [2.05, 4.69) is 39.9 Å². The van der Waals surface area contributed by atoms with E-state index in [1.54, 1.807) is 0 Å². The monoisotopic (exact) mass is 294 g/mol. The second-order valence-corrected chi connectivity index (χ2v) is 8.64. The van der Waals surface area contributed by atoms with E-state index in [0.717, 1.165) is 13.1 Å². The Morgan fingerprint density at radius 3 is 2.55 bits per heavy atom. The first kappa shape index (κ1) is 16.0.